The van der Waals surface area contributed by atoms with Gasteiger partial charge in [-0.05, 0) is 36.8 Å². The fourth-order valence-corrected chi connectivity index (χ4v) is 1.97. The van der Waals surface area contributed by atoms with Crippen LogP contribution in [-0.4, -0.2) is 5.97 Å². The quantitative estimate of drug-likeness (QED) is 0.597. The largest absolute Gasteiger partial charge is 0.423 e. The van der Waals surface area contributed by atoms with Gasteiger partial charge in [-0.15, -0.1) is 0 Å². The Labute approximate surface area is 115 Å². The van der Waals surface area contributed by atoms with Crippen LogP contribution in [0.3, 0.4) is 0 Å². The summed E-state index contributed by atoms with van der Waals surface area (Å²) in [7, 11) is 0. The van der Waals surface area contributed by atoms with Crippen molar-refractivity contribution < 1.29 is 9.53 Å². The van der Waals surface area contributed by atoms with E-state index >= 15 is 0 Å². The molecule has 2 aromatic rings. The minimum absolute atomic E-state index is 0.279. The van der Waals surface area contributed by atoms with Crippen LogP contribution in [0.4, 0.5) is 0 Å². The van der Waals surface area contributed by atoms with Gasteiger partial charge in [0.1, 0.15) is 5.75 Å². The first-order valence-electron chi connectivity index (χ1n) is 5.31. The van der Waals surface area contributed by atoms with Crippen molar-refractivity contribution in [2.75, 3.05) is 0 Å². The maximum Gasteiger partial charge on any atom is 0.345 e. The Kier molecular flexibility index (Phi) is 3.90. The van der Waals surface area contributed by atoms with Crippen molar-refractivity contribution in [2.45, 2.75) is 6.92 Å². The van der Waals surface area contributed by atoms with Gasteiger partial charge in [0.05, 0.1) is 10.6 Å². The summed E-state index contributed by atoms with van der Waals surface area (Å²) >= 11 is 11.7. The molecule has 0 amide bonds. The maximum atomic E-state index is 11.9. The molecule has 0 aliphatic heterocycles. The van der Waals surface area contributed by atoms with Crippen LogP contribution in [0.25, 0.3) is 0 Å². The van der Waals surface area contributed by atoms with E-state index in [1.807, 2.05) is 19.1 Å². The Hall–Kier alpha value is -1.51. The summed E-state index contributed by atoms with van der Waals surface area (Å²) in [6.45, 7) is 1.87. The summed E-state index contributed by atoms with van der Waals surface area (Å²) in [5.41, 5.74) is 1.18. The molecule has 0 N–H and O–H groups in total. The van der Waals surface area contributed by atoms with Crippen molar-refractivity contribution >= 4 is 29.2 Å². The van der Waals surface area contributed by atoms with Crippen LogP contribution in [0.2, 0.25) is 10.0 Å². The Morgan fingerprint density at radius 1 is 1.11 bits per heavy atom. The number of rotatable bonds is 2. The van der Waals surface area contributed by atoms with Gasteiger partial charge in [0.25, 0.3) is 0 Å². The second kappa shape index (κ2) is 5.42. The molecule has 0 saturated carbocycles. The minimum atomic E-state index is -0.494. The summed E-state index contributed by atoms with van der Waals surface area (Å²) in [6, 6.07) is 11.9. The smallest absolute Gasteiger partial charge is 0.345 e. The van der Waals surface area contributed by atoms with Crippen LogP contribution in [0.1, 0.15) is 15.9 Å². The molecule has 0 aliphatic rings. The molecular weight excluding hydrogens is 271 g/mol. The predicted octanol–water partition coefficient (Wildman–Crippen LogP) is 4.52. The van der Waals surface area contributed by atoms with E-state index in [9.17, 15) is 4.79 Å². The van der Waals surface area contributed by atoms with Crippen LogP contribution >= 0.6 is 23.2 Å². The number of carbonyl (C=O) groups excluding carboxylic acids is 1. The van der Waals surface area contributed by atoms with Gasteiger partial charge in [0.2, 0.25) is 0 Å². The highest BCUT2D eigenvalue weighted by Crippen LogP contribution is 2.23. The van der Waals surface area contributed by atoms with E-state index in [1.54, 1.807) is 24.3 Å². The Morgan fingerprint density at radius 3 is 2.50 bits per heavy atom. The molecule has 0 bridgehead atoms. The molecule has 0 saturated heterocycles. The first kappa shape index (κ1) is 12.9. The van der Waals surface area contributed by atoms with Crippen molar-refractivity contribution in [1.29, 1.82) is 0 Å². The molecule has 0 unspecified atom stereocenters. The standard InChI is InChI=1S/C14H10Cl2O2/c1-9-4-2-3-5-13(9)18-14(17)11-7-6-10(15)8-12(11)16/h2-8H,1H3. The molecule has 18 heavy (non-hydrogen) atoms. The lowest BCUT2D eigenvalue weighted by atomic mass is 10.2. The van der Waals surface area contributed by atoms with Crippen LogP contribution in [0.5, 0.6) is 5.75 Å². The van der Waals surface area contributed by atoms with Crippen molar-refractivity contribution in [2.24, 2.45) is 0 Å². The van der Waals surface area contributed by atoms with Gasteiger partial charge in [-0.1, -0.05) is 41.4 Å². The van der Waals surface area contributed by atoms with Gasteiger partial charge in [-0.25, -0.2) is 4.79 Å². The number of para-hydroxylation sites is 1. The van der Waals surface area contributed by atoms with Gasteiger partial charge >= 0.3 is 5.97 Å². The number of ether oxygens (including phenoxy) is 1. The molecule has 0 spiro atoms. The number of carbonyl (C=O) groups is 1. The van der Waals surface area contributed by atoms with Crippen molar-refractivity contribution in [3.05, 3.63) is 63.6 Å². The molecule has 0 radical (unpaired) electrons. The summed E-state index contributed by atoms with van der Waals surface area (Å²) in [4.78, 5) is 11.9. The number of aryl methyl sites for hydroxylation is 1. The van der Waals surface area contributed by atoms with Crippen LogP contribution in [0, 0.1) is 6.92 Å². The molecule has 0 aliphatic carbocycles. The van der Waals surface area contributed by atoms with Gasteiger partial charge in [0, 0.05) is 5.02 Å². The third-order valence-electron chi connectivity index (χ3n) is 2.45. The van der Waals surface area contributed by atoms with Gasteiger partial charge in [0.15, 0.2) is 0 Å². The zero-order valence-corrected chi connectivity index (χ0v) is 11.1. The molecule has 2 aromatic carbocycles. The van der Waals surface area contributed by atoms with E-state index in [0.29, 0.717) is 16.3 Å². The number of benzene rings is 2. The fourth-order valence-electron chi connectivity index (χ4n) is 1.48. The minimum Gasteiger partial charge on any atom is -0.423 e. The van der Waals surface area contributed by atoms with Crippen molar-refractivity contribution in [3.8, 4) is 5.75 Å². The second-order valence-corrected chi connectivity index (χ2v) is 4.62. The monoisotopic (exact) mass is 280 g/mol. The topological polar surface area (TPSA) is 26.3 Å². The molecule has 0 aromatic heterocycles. The van der Waals surface area contributed by atoms with Gasteiger partial charge in [-0.2, -0.15) is 0 Å². The zero-order chi connectivity index (χ0) is 13.1. The van der Waals surface area contributed by atoms with E-state index in [2.05, 4.69) is 0 Å². The molecule has 0 heterocycles. The molecule has 0 fully saturated rings. The maximum absolute atomic E-state index is 11.9. The molecule has 92 valence electrons. The van der Waals surface area contributed by atoms with Gasteiger partial charge in [-0.3, -0.25) is 0 Å². The number of halogens is 2. The lowest BCUT2D eigenvalue weighted by Crippen LogP contribution is -2.09. The normalized spacial score (nSPS) is 10.2. The number of hydrogen-bond donors (Lipinski definition) is 0. The first-order valence-corrected chi connectivity index (χ1v) is 6.06. The summed E-state index contributed by atoms with van der Waals surface area (Å²) in [5, 5.41) is 0.758. The van der Waals surface area contributed by atoms with Crippen molar-refractivity contribution in [1.82, 2.24) is 0 Å². The fraction of sp³-hybridized carbons (Fsp3) is 0.0714. The van der Waals surface area contributed by atoms with Gasteiger partial charge < -0.3 is 4.74 Å². The summed E-state index contributed by atoms with van der Waals surface area (Å²) in [6.07, 6.45) is 0. The van der Waals surface area contributed by atoms with E-state index in [-0.39, 0.29) is 5.02 Å². The number of hydrogen-bond acceptors (Lipinski definition) is 2. The lowest BCUT2D eigenvalue weighted by molar-refractivity contribution is 0.0734. The van der Waals surface area contributed by atoms with E-state index in [1.165, 1.54) is 6.07 Å². The zero-order valence-electron chi connectivity index (χ0n) is 9.61. The lowest BCUT2D eigenvalue weighted by Gasteiger charge is -2.08. The number of esters is 1. The highest BCUT2D eigenvalue weighted by molar-refractivity contribution is 6.36. The van der Waals surface area contributed by atoms with Crippen LogP contribution < -0.4 is 4.74 Å². The third kappa shape index (κ3) is 2.84. The Balaban J connectivity index is 2.25. The average Bonchev–Trinajstić information content (AvgIpc) is 2.32. The van der Waals surface area contributed by atoms with E-state index in [4.69, 9.17) is 27.9 Å². The first-order chi connectivity index (χ1) is 8.58. The van der Waals surface area contributed by atoms with E-state index in [0.717, 1.165) is 5.56 Å². The SMILES string of the molecule is Cc1ccccc1OC(=O)c1ccc(Cl)cc1Cl. The Morgan fingerprint density at radius 2 is 1.83 bits per heavy atom. The third-order valence-corrected chi connectivity index (χ3v) is 3.00. The molecular formula is C14H10Cl2O2. The average molecular weight is 281 g/mol. The van der Waals surface area contributed by atoms with Crippen LogP contribution in [-0.2, 0) is 0 Å². The predicted molar refractivity (Wildman–Crippen MR) is 72.6 cm³/mol. The highest BCUT2D eigenvalue weighted by atomic mass is 35.5. The molecule has 0 atom stereocenters. The summed E-state index contributed by atoms with van der Waals surface area (Å²) in [5.74, 6) is 0.0273. The summed E-state index contributed by atoms with van der Waals surface area (Å²) < 4.78 is 5.29. The van der Waals surface area contributed by atoms with Crippen LogP contribution in [0.15, 0.2) is 42.5 Å². The molecule has 2 nitrogen and oxygen atoms in total. The Bertz CT molecular complexity index is 594. The highest BCUT2D eigenvalue weighted by Gasteiger charge is 2.13. The van der Waals surface area contributed by atoms with Crippen molar-refractivity contribution in [3.63, 3.8) is 0 Å². The second-order valence-electron chi connectivity index (χ2n) is 3.78. The molecule has 4 heteroatoms. The van der Waals surface area contributed by atoms with E-state index < -0.39 is 5.97 Å². The molecule has 2 rings (SSSR count).